The molecule has 1 atom stereocenters. The Labute approximate surface area is 118 Å². The van der Waals surface area contributed by atoms with Crippen LogP contribution in [0.5, 0.6) is 0 Å². The molecule has 1 rings (SSSR count). The van der Waals surface area contributed by atoms with Gasteiger partial charge in [0.2, 0.25) is 0 Å². The van der Waals surface area contributed by atoms with E-state index in [1.54, 1.807) is 25.1 Å². The third-order valence-corrected chi connectivity index (χ3v) is 3.35. The molecule has 0 aliphatic rings. The maximum absolute atomic E-state index is 12.5. The first-order valence-electron chi connectivity index (χ1n) is 6.15. The second-order valence-corrected chi connectivity index (χ2v) is 4.98. The highest BCUT2D eigenvalue weighted by molar-refractivity contribution is 6.31. The lowest BCUT2D eigenvalue weighted by Crippen LogP contribution is -2.42. The molecule has 104 valence electrons. The van der Waals surface area contributed by atoms with Gasteiger partial charge in [0.25, 0.3) is 5.91 Å². The van der Waals surface area contributed by atoms with E-state index in [-0.39, 0.29) is 18.5 Å². The third-order valence-electron chi connectivity index (χ3n) is 3.12. The molecule has 4 nitrogen and oxygen atoms in total. The minimum atomic E-state index is -1.02. The molecule has 0 radical (unpaired) electrons. The van der Waals surface area contributed by atoms with Crippen LogP contribution < -0.4 is 0 Å². The standard InChI is InChI=1S/C14H18ClNO3/c1-4-10(3)16(8-13(17)18)14(19)12-7-11(15)6-5-9(12)2/h5-7,10H,4,8H2,1-3H3,(H,17,18). The maximum atomic E-state index is 12.5. The Balaban J connectivity index is 3.11. The summed E-state index contributed by atoms with van der Waals surface area (Å²) in [5, 5.41) is 9.39. The average Bonchev–Trinajstić information content (AvgIpc) is 2.37. The van der Waals surface area contributed by atoms with Gasteiger partial charge in [0.15, 0.2) is 0 Å². The molecule has 0 saturated heterocycles. The molecular weight excluding hydrogens is 266 g/mol. The van der Waals surface area contributed by atoms with Gasteiger partial charge in [-0.3, -0.25) is 9.59 Å². The van der Waals surface area contributed by atoms with Crippen LogP contribution >= 0.6 is 11.6 Å². The molecule has 0 aliphatic carbocycles. The van der Waals surface area contributed by atoms with Crippen molar-refractivity contribution in [1.82, 2.24) is 4.90 Å². The first kappa shape index (κ1) is 15.5. The molecule has 0 aliphatic heterocycles. The molecule has 1 unspecified atom stereocenters. The Morgan fingerprint density at radius 1 is 1.42 bits per heavy atom. The van der Waals surface area contributed by atoms with Crippen molar-refractivity contribution in [1.29, 1.82) is 0 Å². The molecule has 1 aromatic rings. The third kappa shape index (κ3) is 3.96. The number of rotatable bonds is 5. The zero-order chi connectivity index (χ0) is 14.6. The second-order valence-electron chi connectivity index (χ2n) is 4.54. The Bertz CT molecular complexity index is 488. The Morgan fingerprint density at radius 2 is 2.05 bits per heavy atom. The van der Waals surface area contributed by atoms with Gasteiger partial charge in [-0.05, 0) is 38.0 Å². The van der Waals surface area contributed by atoms with Crippen LogP contribution in [0.2, 0.25) is 5.02 Å². The summed E-state index contributed by atoms with van der Waals surface area (Å²) in [7, 11) is 0. The van der Waals surface area contributed by atoms with Crippen LogP contribution in [0.15, 0.2) is 18.2 Å². The normalized spacial score (nSPS) is 12.0. The van der Waals surface area contributed by atoms with Crippen molar-refractivity contribution in [3.63, 3.8) is 0 Å². The molecule has 0 heterocycles. The van der Waals surface area contributed by atoms with Crippen molar-refractivity contribution < 1.29 is 14.7 Å². The van der Waals surface area contributed by atoms with Crippen LogP contribution in [0.1, 0.15) is 36.2 Å². The summed E-state index contributed by atoms with van der Waals surface area (Å²) < 4.78 is 0. The summed E-state index contributed by atoms with van der Waals surface area (Å²) >= 11 is 5.90. The number of halogens is 1. The van der Waals surface area contributed by atoms with Crippen LogP contribution in [0.4, 0.5) is 0 Å². The van der Waals surface area contributed by atoms with Gasteiger partial charge in [0.1, 0.15) is 6.54 Å². The van der Waals surface area contributed by atoms with Gasteiger partial charge < -0.3 is 10.0 Å². The number of carboxylic acid groups (broad SMARTS) is 1. The van der Waals surface area contributed by atoms with Gasteiger partial charge in [-0.2, -0.15) is 0 Å². The number of carboxylic acids is 1. The lowest BCUT2D eigenvalue weighted by molar-refractivity contribution is -0.138. The van der Waals surface area contributed by atoms with Crippen LogP contribution in [0.25, 0.3) is 0 Å². The molecule has 1 amide bonds. The number of carbonyl (C=O) groups is 2. The SMILES string of the molecule is CCC(C)N(CC(=O)O)C(=O)c1cc(Cl)ccc1C. The number of carbonyl (C=O) groups excluding carboxylic acids is 1. The average molecular weight is 284 g/mol. The quantitative estimate of drug-likeness (QED) is 0.904. The summed E-state index contributed by atoms with van der Waals surface area (Å²) in [6, 6.07) is 4.90. The Kier molecular flexibility index (Phi) is 5.36. The van der Waals surface area contributed by atoms with E-state index in [1.807, 2.05) is 13.8 Å². The first-order chi connectivity index (χ1) is 8.86. The van der Waals surface area contributed by atoms with Crippen molar-refractivity contribution >= 4 is 23.5 Å². The van der Waals surface area contributed by atoms with Crippen LogP contribution in [-0.4, -0.2) is 34.5 Å². The van der Waals surface area contributed by atoms with Crippen LogP contribution in [0.3, 0.4) is 0 Å². The summed E-state index contributed by atoms with van der Waals surface area (Å²) in [5.41, 5.74) is 1.24. The second kappa shape index (κ2) is 6.57. The number of hydrogen-bond acceptors (Lipinski definition) is 2. The first-order valence-corrected chi connectivity index (χ1v) is 6.53. The number of aryl methyl sites for hydroxylation is 1. The van der Waals surface area contributed by atoms with E-state index < -0.39 is 5.97 Å². The van der Waals surface area contributed by atoms with E-state index in [4.69, 9.17) is 16.7 Å². The highest BCUT2D eigenvalue weighted by Crippen LogP contribution is 2.19. The van der Waals surface area contributed by atoms with Gasteiger partial charge >= 0.3 is 5.97 Å². The smallest absolute Gasteiger partial charge is 0.323 e. The molecule has 1 N–H and O–H groups in total. The minimum Gasteiger partial charge on any atom is -0.480 e. The molecule has 0 saturated carbocycles. The van der Waals surface area contributed by atoms with E-state index in [9.17, 15) is 9.59 Å². The fraction of sp³-hybridized carbons (Fsp3) is 0.429. The van der Waals surface area contributed by atoms with Gasteiger partial charge in [-0.15, -0.1) is 0 Å². The number of nitrogens with zero attached hydrogens (tertiary/aromatic N) is 1. The summed E-state index contributed by atoms with van der Waals surface area (Å²) in [6.07, 6.45) is 0.693. The van der Waals surface area contributed by atoms with E-state index >= 15 is 0 Å². The molecular formula is C14H18ClNO3. The van der Waals surface area contributed by atoms with Crippen molar-refractivity contribution in [2.24, 2.45) is 0 Å². The molecule has 19 heavy (non-hydrogen) atoms. The van der Waals surface area contributed by atoms with E-state index in [0.29, 0.717) is 17.0 Å². The van der Waals surface area contributed by atoms with Gasteiger partial charge in [0.05, 0.1) is 0 Å². The van der Waals surface area contributed by atoms with Crippen molar-refractivity contribution in [3.05, 3.63) is 34.3 Å². The number of hydrogen-bond donors (Lipinski definition) is 1. The van der Waals surface area contributed by atoms with E-state index in [2.05, 4.69) is 0 Å². The largest absolute Gasteiger partial charge is 0.480 e. The van der Waals surface area contributed by atoms with Crippen molar-refractivity contribution in [2.45, 2.75) is 33.2 Å². The summed E-state index contributed by atoms with van der Waals surface area (Å²) in [5.74, 6) is -1.31. The zero-order valence-corrected chi connectivity index (χ0v) is 12.1. The molecule has 0 bridgehead atoms. The highest BCUT2D eigenvalue weighted by Gasteiger charge is 2.24. The fourth-order valence-corrected chi connectivity index (χ4v) is 1.95. The molecule has 1 aromatic carbocycles. The molecule has 5 heteroatoms. The van der Waals surface area contributed by atoms with Gasteiger partial charge in [-0.1, -0.05) is 24.6 Å². The predicted octanol–water partition coefficient (Wildman–Crippen LogP) is 2.97. The molecule has 0 aromatic heterocycles. The molecule has 0 fully saturated rings. The number of aliphatic carboxylic acids is 1. The maximum Gasteiger partial charge on any atom is 0.323 e. The fourth-order valence-electron chi connectivity index (χ4n) is 1.77. The Morgan fingerprint density at radius 3 is 2.58 bits per heavy atom. The summed E-state index contributed by atoms with van der Waals surface area (Å²) in [4.78, 5) is 24.7. The summed E-state index contributed by atoms with van der Waals surface area (Å²) in [6.45, 7) is 5.25. The topological polar surface area (TPSA) is 57.6 Å². The monoisotopic (exact) mass is 283 g/mol. The van der Waals surface area contributed by atoms with Crippen molar-refractivity contribution in [2.75, 3.05) is 6.54 Å². The van der Waals surface area contributed by atoms with Gasteiger partial charge in [-0.25, -0.2) is 0 Å². The van der Waals surface area contributed by atoms with Crippen LogP contribution in [0, 0.1) is 6.92 Å². The Hall–Kier alpha value is -1.55. The van der Waals surface area contributed by atoms with Crippen molar-refractivity contribution in [3.8, 4) is 0 Å². The number of benzene rings is 1. The number of amides is 1. The van der Waals surface area contributed by atoms with E-state index in [0.717, 1.165) is 5.56 Å². The highest BCUT2D eigenvalue weighted by atomic mass is 35.5. The minimum absolute atomic E-state index is 0.137. The lowest BCUT2D eigenvalue weighted by Gasteiger charge is -2.27. The van der Waals surface area contributed by atoms with Crippen LogP contribution in [-0.2, 0) is 4.79 Å². The lowest BCUT2D eigenvalue weighted by atomic mass is 10.1. The predicted molar refractivity (Wildman–Crippen MR) is 74.6 cm³/mol. The zero-order valence-electron chi connectivity index (χ0n) is 11.3. The molecule has 0 spiro atoms. The van der Waals surface area contributed by atoms with E-state index in [1.165, 1.54) is 4.90 Å². The van der Waals surface area contributed by atoms with Gasteiger partial charge in [0, 0.05) is 16.6 Å².